The van der Waals surface area contributed by atoms with Crippen LogP contribution in [0.3, 0.4) is 0 Å². The predicted molar refractivity (Wildman–Crippen MR) is 98.7 cm³/mol. The molecule has 2 aromatic rings. The molecule has 2 rings (SSSR count). The number of hydrogen-bond donors (Lipinski definition) is 1. The van der Waals surface area contributed by atoms with E-state index in [1.165, 1.54) is 11.1 Å². The molecule has 0 aliphatic carbocycles. The van der Waals surface area contributed by atoms with E-state index in [4.69, 9.17) is 10.00 Å². The molecule has 4 nitrogen and oxygen atoms in total. The van der Waals surface area contributed by atoms with Crippen molar-refractivity contribution in [3.05, 3.63) is 59.2 Å². The maximum absolute atomic E-state index is 11.3. The number of ether oxygens (including phenoxy) is 1. The van der Waals surface area contributed by atoms with Crippen molar-refractivity contribution in [1.29, 1.82) is 5.26 Å². The summed E-state index contributed by atoms with van der Waals surface area (Å²) in [7, 11) is 0. The Hall–Kier alpha value is -2.80. The van der Waals surface area contributed by atoms with E-state index >= 15 is 0 Å². The van der Waals surface area contributed by atoms with Gasteiger partial charge in [-0.25, -0.2) is 0 Å². The molecule has 130 valence electrons. The van der Waals surface area contributed by atoms with Crippen LogP contribution in [0.1, 0.15) is 42.9 Å². The van der Waals surface area contributed by atoms with Crippen LogP contribution < -0.4 is 10.1 Å². The molecule has 0 heterocycles. The van der Waals surface area contributed by atoms with Crippen LogP contribution in [0.15, 0.2) is 42.5 Å². The molecule has 0 fully saturated rings. The average molecular weight is 336 g/mol. The lowest BCUT2D eigenvalue weighted by atomic mass is 10.0. The Bertz CT molecular complexity index is 758. The summed E-state index contributed by atoms with van der Waals surface area (Å²) in [4.78, 5) is 11.3. The minimum Gasteiger partial charge on any atom is -0.457 e. The first kappa shape index (κ1) is 18.5. The zero-order valence-corrected chi connectivity index (χ0v) is 15.0. The predicted octanol–water partition coefficient (Wildman–Crippen LogP) is 4.48. The summed E-state index contributed by atoms with van der Waals surface area (Å²) in [6, 6.07) is 16.0. The fourth-order valence-electron chi connectivity index (χ4n) is 2.54. The number of aryl methyl sites for hydroxylation is 1. The lowest BCUT2D eigenvalue weighted by Crippen LogP contribution is -2.24. The highest BCUT2D eigenvalue weighted by Gasteiger charge is 2.09. The van der Waals surface area contributed by atoms with Crippen LogP contribution in [-0.4, -0.2) is 12.5 Å². The van der Waals surface area contributed by atoms with Gasteiger partial charge in [0.05, 0.1) is 6.07 Å². The summed E-state index contributed by atoms with van der Waals surface area (Å²) in [5, 5.41) is 11.2. The van der Waals surface area contributed by atoms with Crippen molar-refractivity contribution < 1.29 is 9.53 Å². The number of carbonyl (C=O) groups is 1. The average Bonchev–Trinajstić information content (AvgIpc) is 2.56. The molecule has 0 atom stereocenters. The Morgan fingerprint density at radius 3 is 2.56 bits per heavy atom. The third kappa shape index (κ3) is 5.65. The molecule has 2 aromatic carbocycles. The normalized spacial score (nSPS) is 10.4. The third-order valence-corrected chi connectivity index (χ3v) is 3.92. The van der Waals surface area contributed by atoms with Gasteiger partial charge in [0.25, 0.3) is 0 Å². The Labute approximate surface area is 149 Å². The Kier molecular flexibility index (Phi) is 6.59. The molecule has 0 bridgehead atoms. The van der Waals surface area contributed by atoms with Crippen LogP contribution in [0.4, 0.5) is 0 Å². The van der Waals surface area contributed by atoms with Crippen LogP contribution in [-0.2, 0) is 11.2 Å². The van der Waals surface area contributed by atoms with E-state index in [1.807, 2.05) is 30.3 Å². The number of nitriles is 1. The maximum Gasteiger partial charge on any atom is 0.234 e. The van der Waals surface area contributed by atoms with Crippen molar-refractivity contribution in [2.45, 2.75) is 39.5 Å². The first-order chi connectivity index (χ1) is 12.0. The first-order valence-electron chi connectivity index (χ1n) is 8.50. The molecule has 0 saturated carbocycles. The summed E-state index contributed by atoms with van der Waals surface area (Å²) < 4.78 is 6.08. The third-order valence-electron chi connectivity index (χ3n) is 3.92. The molecule has 0 aliphatic heterocycles. The molecule has 25 heavy (non-hydrogen) atoms. The van der Waals surface area contributed by atoms with Gasteiger partial charge in [0.15, 0.2) is 0 Å². The molecule has 1 N–H and O–H groups in total. The molecular formula is C21H24N2O2. The fourth-order valence-corrected chi connectivity index (χ4v) is 2.54. The second-order valence-electron chi connectivity index (χ2n) is 6.38. The molecular weight excluding hydrogens is 312 g/mol. The Balaban J connectivity index is 1.98. The molecule has 0 saturated heterocycles. The second-order valence-corrected chi connectivity index (χ2v) is 6.38. The van der Waals surface area contributed by atoms with E-state index in [-0.39, 0.29) is 12.3 Å². The lowest BCUT2D eigenvalue weighted by Gasteiger charge is -2.15. The minimum atomic E-state index is -0.233. The van der Waals surface area contributed by atoms with Gasteiger partial charge >= 0.3 is 0 Å². The van der Waals surface area contributed by atoms with Crippen LogP contribution >= 0.6 is 0 Å². The van der Waals surface area contributed by atoms with Gasteiger partial charge in [0, 0.05) is 6.54 Å². The van der Waals surface area contributed by atoms with Crippen LogP contribution in [0.2, 0.25) is 0 Å². The van der Waals surface area contributed by atoms with Gasteiger partial charge in [-0.1, -0.05) is 38.1 Å². The molecule has 0 unspecified atom stereocenters. The molecule has 1 amide bonds. The highest BCUT2D eigenvalue weighted by atomic mass is 16.5. The van der Waals surface area contributed by atoms with Crippen LogP contribution in [0.25, 0.3) is 0 Å². The summed E-state index contributed by atoms with van der Waals surface area (Å²) in [5.74, 6) is 1.85. The SMILES string of the molecule is Cc1ccc(C(C)C)c(Oc2ccc(CCNC(=O)CC#N)cc2)c1. The van der Waals surface area contributed by atoms with Crippen LogP contribution in [0, 0.1) is 18.3 Å². The van der Waals surface area contributed by atoms with E-state index in [1.54, 1.807) is 0 Å². The number of hydrogen-bond acceptors (Lipinski definition) is 3. The topological polar surface area (TPSA) is 62.1 Å². The maximum atomic E-state index is 11.3. The summed E-state index contributed by atoms with van der Waals surface area (Å²) in [6.45, 7) is 6.89. The zero-order chi connectivity index (χ0) is 18.2. The molecule has 4 heteroatoms. The van der Waals surface area contributed by atoms with Gasteiger partial charge in [-0.3, -0.25) is 4.79 Å². The second kappa shape index (κ2) is 8.89. The van der Waals surface area contributed by atoms with Gasteiger partial charge in [0.1, 0.15) is 17.9 Å². The first-order valence-corrected chi connectivity index (χ1v) is 8.50. The molecule has 0 aromatic heterocycles. The smallest absolute Gasteiger partial charge is 0.234 e. The van der Waals surface area contributed by atoms with E-state index in [9.17, 15) is 4.79 Å². The van der Waals surface area contributed by atoms with Gasteiger partial charge < -0.3 is 10.1 Å². The van der Waals surface area contributed by atoms with Gasteiger partial charge in [0.2, 0.25) is 5.91 Å². The van der Waals surface area contributed by atoms with Gasteiger partial charge in [-0.15, -0.1) is 0 Å². The monoisotopic (exact) mass is 336 g/mol. The van der Waals surface area contributed by atoms with E-state index in [2.05, 4.69) is 44.3 Å². The van der Waals surface area contributed by atoms with Crippen molar-refractivity contribution in [2.24, 2.45) is 0 Å². The van der Waals surface area contributed by atoms with Gasteiger partial charge in [-0.2, -0.15) is 5.26 Å². The van der Waals surface area contributed by atoms with E-state index in [0.717, 1.165) is 23.5 Å². The zero-order valence-electron chi connectivity index (χ0n) is 15.0. The quantitative estimate of drug-likeness (QED) is 0.810. The highest BCUT2D eigenvalue weighted by molar-refractivity contribution is 5.77. The fraction of sp³-hybridized carbons (Fsp3) is 0.333. The number of benzene rings is 2. The largest absolute Gasteiger partial charge is 0.457 e. The molecule has 0 spiro atoms. The van der Waals surface area contributed by atoms with Crippen molar-refractivity contribution in [1.82, 2.24) is 5.32 Å². The lowest BCUT2D eigenvalue weighted by molar-refractivity contribution is -0.120. The van der Waals surface area contributed by atoms with E-state index in [0.29, 0.717) is 12.5 Å². The van der Waals surface area contributed by atoms with Crippen molar-refractivity contribution in [3.8, 4) is 17.6 Å². The van der Waals surface area contributed by atoms with Crippen molar-refractivity contribution in [3.63, 3.8) is 0 Å². The number of rotatable bonds is 7. The summed E-state index contributed by atoms with van der Waals surface area (Å²) in [6.07, 6.45) is 0.626. The van der Waals surface area contributed by atoms with Crippen molar-refractivity contribution in [2.75, 3.05) is 6.54 Å². The number of amides is 1. The van der Waals surface area contributed by atoms with Crippen molar-refractivity contribution >= 4 is 5.91 Å². The number of nitrogens with one attached hydrogen (secondary N) is 1. The molecule has 0 aliphatic rings. The van der Waals surface area contributed by atoms with Crippen LogP contribution in [0.5, 0.6) is 11.5 Å². The number of carbonyl (C=O) groups excluding carboxylic acids is 1. The highest BCUT2D eigenvalue weighted by Crippen LogP contribution is 2.31. The van der Waals surface area contributed by atoms with Gasteiger partial charge in [-0.05, 0) is 54.2 Å². The summed E-state index contributed by atoms with van der Waals surface area (Å²) in [5.41, 5.74) is 3.47. The summed E-state index contributed by atoms with van der Waals surface area (Å²) >= 11 is 0. The van der Waals surface area contributed by atoms with E-state index < -0.39 is 0 Å². The Morgan fingerprint density at radius 2 is 1.92 bits per heavy atom. The molecule has 0 radical (unpaired) electrons. The minimum absolute atomic E-state index is 0.0958. The number of nitrogens with zero attached hydrogens (tertiary/aromatic N) is 1. The Morgan fingerprint density at radius 1 is 1.20 bits per heavy atom. The standard InChI is InChI=1S/C21H24N2O2/c1-15(2)19-9-4-16(3)14-20(19)25-18-7-5-17(6-8-18)11-13-23-21(24)10-12-22/h4-9,14-15H,10-11,13H2,1-3H3,(H,23,24).